The first kappa shape index (κ1) is 11.0. The van der Waals surface area contributed by atoms with E-state index in [4.69, 9.17) is 5.11 Å². The molecule has 1 rings (SSSR count). The van der Waals surface area contributed by atoms with Crippen molar-refractivity contribution in [1.82, 2.24) is 4.90 Å². The molecule has 1 fully saturated rings. The van der Waals surface area contributed by atoms with Gasteiger partial charge in [-0.3, -0.25) is 9.59 Å². The highest BCUT2D eigenvalue weighted by Crippen LogP contribution is 2.18. The van der Waals surface area contributed by atoms with Crippen LogP contribution in [0.25, 0.3) is 0 Å². The summed E-state index contributed by atoms with van der Waals surface area (Å²) in [7, 11) is 0. The van der Waals surface area contributed by atoms with E-state index in [-0.39, 0.29) is 12.3 Å². The van der Waals surface area contributed by atoms with Crippen LogP contribution >= 0.6 is 0 Å². The Morgan fingerprint density at radius 2 is 2.29 bits per heavy atom. The van der Waals surface area contributed by atoms with Crippen LogP contribution in [0.15, 0.2) is 0 Å². The predicted octanol–water partition coefficient (Wildman–Crippen LogP) is 1.11. The molecule has 0 aromatic heterocycles. The van der Waals surface area contributed by atoms with Crippen LogP contribution in [0, 0.1) is 5.92 Å². The molecule has 0 unspecified atom stereocenters. The topological polar surface area (TPSA) is 57.6 Å². The lowest BCUT2D eigenvalue weighted by Crippen LogP contribution is -2.27. The van der Waals surface area contributed by atoms with Gasteiger partial charge in [-0.2, -0.15) is 0 Å². The summed E-state index contributed by atoms with van der Waals surface area (Å²) < 4.78 is 0. The van der Waals surface area contributed by atoms with E-state index in [0.717, 1.165) is 25.8 Å². The van der Waals surface area contributed by atoms with Gasteiger partial charge in [-0.05, 0) is 6.42 Å². The average Bonchev–Trinajstić information content (AvgIpc) is 2.49. The Balaban J connectivity index is 2.33. The molecule has 0 aromatic rings. The molecule has 1 saturated heterocycles. The molecule has 4 heteroatoms. The van der Waals surface area contributed by atoms with Crippen LogP contribution in [-0.4, -0.2) is 35.0 Å². The Kier molecular flexibility index (Phi) is 3.92. The van der Waals surface area contributed by atoms with Gasteiger partial charge >= 0.3 is 5.97 Å². The molecule has 0 aliphatic carbocycles. The second-order valence-corrected chi connectivity index (χ2v) is 3.79. The van der Waals surface area contributed by atoms with Crippen LogP contribution in [0.1, 0.15) is 32.6 Å². The fourth-order valence-corrected chi connectivity index (χ4v) is 1.71. The Bertz CT molecular complexity index is 227. The molecular formula is C10H17NO3. The van der Waals surface area contributed by atoms with Crippen molar-refractivity contribution in [3.8, 4) is 0 Å². The molecule has 4 nitrogen and oxygen atoms in total. The minimum absolute atomic E-state index is 0.00602. The van der Waals surface area contributed by atoms with Gasteiger partial charge in [-0.1, -0.05) is 19.8 Å². The fourth-order valence-electron chi connectivity index (χ4n) is 1.71. The van der Waals surface area contributed by atoms with E-state index in [0.29, 0.717) is 6.54 Å². The average molecular weight is 199 g/mol. The molecule has 1 heterocycles. The molecule has 1 amide bonds. The van der Waals surface area contributed by atoms with Crippen LogP contribution in [0.3, 0.4) is 0 Å². The number of carboxylic acids is 1. The maximum Gasteiger partial charge on any atom is 0.308 e. The number of aliphatic carboxylic acids is 1. The lowest BCUT2D eigenvalue weighted by Gasteiger charge is -2.15. The zero-order valence-corrected chi connectivity index (χ0v) is 8.53. The molecule has 0 bridgehead atoms. The van der Waals surface area contributed by atoms with Crippen LogP contribution in [0.4, 0.5) is 0 Å². The normalized spacial score (nSPS) is 21.6. The molecule has 1 aliphatic heterocycles. The SMILES string of the molecule is CCCCCN1C[C@@H](C(=O)O)CC1=O. The molecule has 0 radical (unpaired) electrons. The summed E-state index contributed by atoms with van der Waals surface area (Å²) in [6, 6.07) is 0. The largest absolute Gasteiger partial charge is 0.481 e. The Morgan fingerprint density at radius 1 is 1.57 bits per heavy atom. The van der Waals surface area contributed by atoms with Crippen molar-refractivity contribution in [2.75, 3.05) is 13.1 Å². The number of unbranched alkanes of at least 4 members (excludes halogenated alkanes) is 2. The predicted molar refractivity (Wildman–Crippen MR) is 51.8 cm³/mol. The van der Waals surface area contributed by atoms with E-state index >= 15 is 0 Å². The Hall–Kier alpha value is -1.06. The summed E-state index contributed by atoms with van der Waals surface area (Å²) in [5.41, 5.74) is 0. The highest BCUT2D eigenvalue weighted by molar-refractivity contribution is 5.86. The number of hydrogen-bond donors (Lipinski definition) is 1. The lowest BCUT2D eigenvalue weighted by molar-refractivity contribution is -0.141. The zero-order chi connectivity index (χ0) is 10.6. The molecule has 1 N–H and O–H groups in total. The zero-order valence-electron chi connectivity index (χ0n) is 8.53. The third kappa shape index (κ3) is 2.72. The van der Waals surface area contributed by atoms with Crippen molar-refractivity contribution < 1.29 is 14.7 Å². The van der Waals surface area contributed by atoms with E-state index < -0.39 is 11.9 Å². The second-order valence-electron chi connectivity index (χ2n) is 3.79. The van der Waals surface area contributed by atoms with Crippen molar-refractivity contribution in [3.05, 3.63) is 0 Å². The highest BCUT2D eigenvalue weighted by Gasteiger charge is 2.33. The van der Waals surface area contributed by atoms with Crippen LogP contribution in [0.2, 0.25) is 0 Å². The van der Waals surface area contributed by atoms with Gasteiger partial charge in [0, 0.05) is 19.5 Å². The Morgan fingerprint density at radius 3 is 2.79 bits per heavy atom. The molecule has 0 aromatic carbocycles. The van der Waals surface area contributed by atoms with E-state index in [1.54, 1.807) is 4.90 Å². The summed E-state index contributed by atoms with van der Waals surface area (Å²) in [6.45, 7) is 3.22. The number of likely N-dealkylation sites (tertiary alicyclic amines) is 1. The van der Waals surface area contributed by atoms with Gasteiger partial charge < -0.3 is 10.0 Å². The minimum atomic E-state index is -0.851. The third-order valence-corrected chi connectivity index (χ3v) is 2.60. The third-order valence-electron chi connectivity index (χ3n) is 2.60. The summed E-state index contributed by atoms with van der Waals surface area (Å²) >= 11 is 0. The Labute approximate surface area is 83.9 Å². The number of carbonyl (C=O) groups is 2. The van der Waals surface area contributed by atoms with E-state index in [2.05, 4.69) is 6.92 Å². The highest BCUT2D eigenvalue weighted by atomic mass is 16.4. The van der Waals surface area contributed by atoms with E-state index in [1.807, 2.05) is 0 Å². The summed E-state index contributed by atoms with van der Waals surface area (Å²) in [5.74, 6) is -1.34. The maximum atomic E-state index is 11.3. The lowest BCUT2D eigenvalue weighted by atomic mass is 10.1. The van der Waals surface area contributed by atoms with Gasteiger partial charge in [0.15, 0.2) is 0 Å². The summed E-state index contributed by atoms with van der Waals surface area (Å²) in [5, 5.41) is 8.74. The number of hydrogen-bond acceptors (Lipinski definition) is 2. The van der Waals surface area contributed by atoms with Crippen molar-refractivity contribution in [2.24, 2.45) is 5.92 Å². The number of carbonyl (C=O) groups excluding carboxylic acids is 1. The van der Waals surface area contributed by atoms with E-state index in [1.165, 1.54) is 0 Å². The van der Waals surface area contributed by atoms with E-state index in [9.17, 15) is 9.59 Å². The molecule has 0 spiro atoms. The van der Waals surface area contributed by atoms with Gasteiger partial charge in [-0.25, -0.2) is 0 Å². The number of nitrogens with zero attached hydrogens (tertiary/aromatic N) is 1. The van der Waals surface area contributed by atoms with Crippen molar-refractivity contribution >= 4 is 11.9 Å². The van der Waals surface area contributed by atoms with Crippen molar-refractivity contribution in [2.45, 2.75) is 32.6 Å². The summed E-state index contributed by atoms with van der Waals surface area (Å²) in [4.78, 5) is 23.7. The molecular weight excluding hydrogens is 182 g/mol. The van der Waals surface area contributed by atoms with Gasteiger partial charge in [0.2, 0.25) is 5.91 Å². The number of rotatable bonds is 5. The first-order valence-corrected chi connectivity index (χ1v) is 5.15. The van der Waals surface area contributed by atoms with Crippen molar-refractivity contribution in [3.63, 3.8) is 0 Å². The van der Waals surface area contributed by atoms with Crippen LogP contribution < -0.4 is 0 Å². The molecule has 1 atom stereocenters. The summed E-state index contributed by atoms with van der Waals surface area (Å²) in [6.07, 6.45) is 3.38. The van der Waals surface area contributed by atoms with Gasteiger partial charge in [0.05, 0.1) is 5.92 Å². The molecule has 80 valence electrons. The van der Waals surface area contributed by atoms with Crippen LogP contribution in [0.5, 0.6) is 0 Å². The fraction of sp³-hybridized carbons (Fsp3) is 0.800. The quantitative estimate of drug-likeness (QED) is 0.675. The standard InChI is InChI=1S/C10H17NO3/c1-2-3-4-5-11-7-8(10(13)14)6-9(11)12/h8H,2-7H2,1H3,(H,13,14)/t8-/m0/s1. The molecule has 14 heavy (non-hydrogen) atoms. The first-order valence-electron chi connectivity index (χ1n) is 5.15. The van der Waals surface area contributed by atoms with Gasteiger partial charge in [0.25, 0.3) is 0 Å². The smallest absolute Gasteiger partial charge is 0.308 e. The molecule has 0 saturated carbocycles. The van der Waals surface area contributed by atoms with Gasteiger partial charge in [-0.15, -0.1) is 0 Å². The number of carboxylic acid groups (broad SMARTS) is 1. The second kappa shape index (κ2) is 4.98. The maximum absolute atomic E-state index is 11.3. The van der Waals surface area contributed by atoms with Crippen LogP contribution in [-0.2, 0) is 9.59 Å². The van der Waals surface area contributed by atoms with Crippen molar-refractivity contribution in [1.29, 1.82) is 0 Å². The molecule has 1 aliphatic rings. The number of amides is 1. The monoisotopic (exact) mass is 199 g/mol. The first-order chi connectivity index (χ1) is 6.65. The minimum Gasteiger partial charge on any atom is -0.481 e. The van der Waals surface area contributed by atoms with Gasteiger partial charge in [0.1, 0.15) is 0 Å².